The van der Waals surface area contributed by atoms with Crippen molar-refractivity contribution in [3.63, 3.8) is 0 Å². The third kappa shape index (κ3) is 2.42. The van der Waals surface area contributed by atoms with Crippen molar-refractivity contribution in [1.29, 1.82) is 0 Å². The van der Waals surface area contributed by atoms with Crippen molar-refractivity contribution in [2.45, 2.75) is 31.8 Å². The molecule has 2 rings (SSSR count). The fraction of sp³-hybridized carbons (Fsp3) is 0.417. The maximum absolute atomic E-state index is 11.1. The monoisotopic (exact) mass is 251 g/mol. The third-order valence-corrected chi connectivity index (χ3v) is 3.01. The number of nitrogens with zero attached hydrogens (tertiary/aromatic N) is 1. The number of carboxylic acid groups (broad SMARTS) is 1. The molecule has 0 aliphatic heterocycles. The molecule has 1 fully saturated rings. The van der Waals surface area contributed by atoms with Crippen LogP contribution in [0.3, 0.4) is 0 Å². The van der Waals surface area contributed by atoms with Crippen LogP contribution in [-0.2, 0) is 0 Å². The molecule has 96 valence electrons. The zero-order chi connectivity index (χ0) is 13.1. The molecule has 0 heterocycles. The summed E-state index contributed by atoms with van der Waals surface area (Å²) in [6.45, 7) is 0. The number of carbonyl (C=O) groups is 1. The van der Waals surface area contributed by atoms with Gasteiger partial charge in [0.05, 0.1) is 11.0 Å². The minimum Gasteiger partial charge on any atom is -0.483 e. The molecule has 0 radical (unpaired) electrons. The number of para-hydroxylation sites is 1. The Labute approximate surface area is 103 Å². The average molecular weight is 251 g/mol. The van der Waals surface area contributed by atoms with Crippen molar-refractivity contribution in [1.82, 2.24) is 0 Å². The van der Waals surface area contributed by atoms with Gasteiger partial charge in [0.25, 0.3) is 0 Å². The molecule has 1 saturated carbocycles. The van der Waals surface area contributed by atoms with Gasteiger partial charge < -0.3 is 9.84 Å². The van der Waals surface area contributed by atoms with E-state index in [1.807, 2.05) is 0 Å². The maximum Gasteiger partial charge on any atom is 0.339 e. The van der Waals surface area contributed by atoms with Gasteiger partial charge >= 0.3 is 11.7 Å². The highest BCUT2D eigenvalue weighted by molar-refractivity contribution is 5.92. The van der Waals surface area contributed by atoms with Gasteiger partial charge in [0.2, 0.25) is 5.75 Å². The predicted octanol–water partition coefficient (Wildman–Crippen LogP) is 2.61. The lowest BCUT2D eigenvalue weighted by Crippen LogP contribution is -2.15. The number of benzene rings is 1. The quantitative estimate of drug-likeness (QED) is 0.656. The van der Waals surface area contributed by atoms with E-state index in [1.165, 1.54) is 18.2 Å². The summed E-state index contributed by atoms with van der Waals surface area (Å²) < 4.78 is 5.54. The van der Waals surface area contributed by atoms with Crippen LogP contribution in [0.2, 0.25) is 0 Å². The van der Waals surface area contributed by atoms with Crippen LogP contribution in [0.25, 0.3) is 0 Å². The molecule has 0 unspecified atom stereocenters. The van der Waals surface area contributed by atoms with E-state index in [1.54, 1.807) is 0 Å². The number of hydrogen-bond donors (Lipinski definition) is 1. The lowest BCUT2D eigenvalue weighted by molar-refractivity contribution is -0.386. The van der Waals surface area contributed by atoms with Gasteiger partial charge in [-0.15, -0.1) is 0 Å². The van der Waals surface area contributed by atoms with Crippen LogP contribution in [0.1, 0.15) is 36.0 Å². The third-order valence-electron chi connectivity index (χ3n) is 3.01. The first-order valence-electron chi connectivity index (χ1n) is 5.77. The van der Waals surface area contributed by atoms with Crippen LogP contribution in [-0.4, -0.2) is 22.1 Å². The standard InChI is InChI=1S/C12H13NO5/c14-12(15)9-6-3-7-10(13(16)17)11(9)18-8-4-1-2-5-8/h3,6-8H,1-2,4-5H2,(H,14,15). The van der Waals surface area contributed by atoms with Gasteiger partial charge in [0, 0.05) is 6.07 Å². The second-order valence-electron chi connectivity index (χ2n) is 4.24. The first-order chi connectivity index (χ1) is 8.59. The molecule has 0 saturated heterocycles. The summed E-state index contributed by atoms with van der Waals surface area (Å²) in [5.74, 6) is -1.34. The molecule has 1 aliphatic rings. The molecular weight excluding hydrogens is 238 g/mol. The van der Waals surface area contributed by atoms with Crippen LogP contribution in [0, 0.1) is 10.1 Å². The van der Waals surface area contributed by atoms with E-state index in [4.69, 9.17) is 9.84 Å². The molecule has 0 atom stereocenters. The Morgan fingerprint density at radius 3 is 2.61 bits per heavy atom. The zero-order valence-corrected chi connectivity index (χ0v) is 9.67. The molecule has 1 aromatic rings. The van der Waals surface area contributed by atoms with Gasteiger partial charge in [0.15, 0.2) is 0 Å². The fourth-order valence-corrected chi connectivity index (χ4v) is 2.13. The minimum atomic E-state index is -1.22. The first-order valence-corrected chi connectivity index (χ1v) is 5.77. The molecule has 1 aliphatic carbocycles. The molecule has 0 bridgehead atoms. The first kappa shape index (κ1) is 12.3. The molecule has 6 nitrogen and oxygen atoms in total. The number of nitro benzene ring substituents is 1. The average Bonchev–Trinajstić information content (AvgIpc) is 2.81. The molecular formula is C12H13NO5. The van der Waals surface area contributed by atoms with Crippen LogP contribution in [0.15, 0.2) is 18.2 Å². The Morgan fingerprint density at radius 1 is 1.39 bits per heavy atom. The second-order valence-corrected chi connectivity index (χ2v) is 4.24. The van der Waals surface area contributed by atoms with Crippen molar-refractivity contribution >= 4 is 11.7 Å². The van der Waals surface area contributed by atoms with Gasteiger partial charge in [-0.2, -0.15) is 0 Å². The van der Waals surface area contributed by atoms with Gasteiger partial charge in [-0.25, -0.2) is 4.79 Å². The summed E-state index contributed by atoms with van der Waals surface area (Å²) >= 11 is 0. The van der Waals surface area contributed by atoms with E-state index in [2.05, 4.69) is 0 Å². The zero-order valence-electron chi connectivity index (χ0n) is 9.67. The summed E-state index contributed by atoms with van der Waals surface area (Å²) in [5.41, 5.74) is -0.446. The summed E-state index contributed by atoms with van der Waals surface area (Å²) in [7, 11) is 0. The Balaban J connectivity index is 2.39. The number of hydrogen-bond acceptors (Lipinski definition) is 4. The number of aromatic carboxylic acids is 1. The van der Waals surface area contributed by atoms with E-state index < -0.39 is 10.9 Å². The molecule has 1 aromatic carbocycles. The summed E-state index contributed by atoms with van der Waals surface area (Å²) in [5, 5.41) is 19.9. The lowest BCUT2D eigenvalue weighted by atomic mass is 10.1. The molecule has 18 heavy (non-hydrogen) atoms. The second kappa shape index (κ2) is 5.03. The van der Waals surface area contributed by atoms with Crippen molar-refractivity contribution in [3.8, 4) is 5.75 Å². The largest absolute Gasteiger partial charge is 0.483 e. The molecule has 0 spiro atoms. The van der Waals surface area contributed by atoms with Gasteiger partial charge in [-0.05, 0) is 31.7 Å². The van der Waals surface area contributed by atoms with Crippen molar-refractivity contribution in [3.05, 3.63) is 33.9 Å². The number of ether oxygens (including phenoxy) is 1. The molecule has 0 aromatic heterocycles. The molecule has 1 N–H and O–H groups in total. The van der Waals surface area contributed by atoms with E-state index >= 15 is 0 Å². The molecule has 6 heteroatoms. The minimum absolute atomic E-state index is 0.121. The van der Waals surface area contributed by atoms with Gasteiger partial charge in [-0.3, -0.25) is 10.1 Å². The lowest BCUT2D eigenvalue weighted by Gasteiger charge is -2.14. The van der Waals surface area contributed by atoms with Crippen LogP contribution in [0.5, 0.6) is 5.75 Å². The highest BCUT2D eigenvalue weighted by atomic mass is 16.6. The van der Waals surface area contributed by atoms with E-state index in [0.717, 1.165) is 25.7 Å². The maximum atomic E-state index is 11.1. The Hall–Kier alpha value is -2.11. The smallest absolute Gasteiger partial charge is 0.339 e. The SMILES string of the molecule is O=C(O)c1cccc([N+](=O)[O-])c1OC1CCCC1. The van der Waals surface area contributed by atoms with Crippen LogP contribution < -0.4 is 4.74 Å². The fourth-order valence-electron chi connectivity index (χ4n) is 2.13. The Morgan fingerprint density at radius 2 is 2.06 bits per heavy atom. The summed E-state index contributed by atoms with van der Waals surface area (Å²) in [6.07, 6.45) is 3.52. The number of carboxylic acids is 1. The van der Waals surface area contributed by atoms with Gasteiger partial charge in [0.1, 0.15) is 5.56 Å². The highest BCUT2D eigenvalue weighted by Crippen LogP contribution is 2.34. The van der Waals surface area contributed by atoms with Crippen molar-refractivity contribution in [2.75, 3.05) is 0 Å². The van der Waals surface area contributed by atoms with Gasteiger partial charge in [-0.1, -0.05) is 6.07 Å². The Bertz CT molecular complexity index is 447. The normalized spacial score (nSPS) is 15.6. The van der Waals surface area contributed by atoms with Crippen LogP contribution in [0.4, 0.5) is 5.69 Å². The number of nitro groups is 1. The molecule has 0 amide bonds. The van der Waals surface area contributed by atoms with Crippen molar-refractivity contribution in [2.24, 2.45) is 0 Å². The summed E-state index contributed by atoms with van der Waals surface area (Å²) in [6, 6.07) is 3.93. The predicted molar refractivity (Wildman–Crippen MR) is 62.9 cm³/mol. The van der Waals surface area contributed by atoms with E-state index in [9.17, 15) is 14.9 Å². The van der Waals surface area contributed by atoms with E-state index in [-0.39, 0.29) is 23.1 Å². The summed E-state index contributed by atoms with van der Waals surface area (Å²) in [4.78, 5) is 21.4. The van der Waals surface area contributed by atoms with Crippen LogP contribution >= 0.6 is 0 Å². The number of rotatable bonds is 4. The topological polar surface area (TPSA) is 89.7 Å². The Kier molecular flexibility index (Phi) is 3.45. The van der Waals surface area contributed by atoms with E-state index in [0.29, 0.717) is 0 Å². The van der Waals surface area contributed by atoms with Crippen molar-refractivity contribution < 1.29 is 19.6 Å². The highest BCUT2D eigenvalue weighted by Gasteiger charge is 2.27.